The molecule has 1 amide bonds. The van der Waals surface area contributed by atoms with Gasteiger partial charge >= 0.3 is 0 Å². The maximum atomic E-state index is 12.7. The first-order valence-electron chi connectivity index (χ1n) is 8.47. The van der Waals surface area contributed by atoms with E-state index in [2.05, 4.69) is 10.4 Å². The average molecular weight is 347 g/mol. The largest absolute Gasteiger partial charge is 0.345 e. The van der Waals surface area contributed by atoms with Crippen molar-refractivity contribution in [2.75, 3.05) is 0 Å². The van der Waals surface area contributed by atoms with Crippen LogP contribution in [0.15, 0.2) is 54.6 Å². The quantitative estimate of drug-likeness (QED) is 0.569. The normalized spacial score (nSPS) is 10.6. The summed E-state index contributed by atoms with van der Waals surface area (Å²) >= 11 is 0. The minimum absolute atomic E-state index is 0.317. The molecule has 1 aromatic heterocycles. The van der Waals surface area contributed by atoms with Crippen LogP contribution >= 0.6 is 0 Å². The minimum atomic E-state index is -0.620. The number of hydrogen-bond acceptors (Lipinski definition) is 3. The van der Waals surface area contributed by atoms with Crippen molar-refractivity contribution in [3.05, 3.63) is 82.7 Å². The molecule has 0 saturated heterocycles. The Morgan fingerprint density at radius 2 is 1.73 bits per heavy atom. The molecule has 3 aromatic rings. The zero-order chi connectivity index (χ0) is 18.7. The lowest BCUT2D eigenvalue weighted by Gasteiger charge is -2.07. The third-order valence-electron chi connectivity index (χ3n) is 4.26. The summed E-state index contributed by atoms with van der Waals surface area (Å²) in [5.74, 6) is -1.18. The molecule has 5 nitrogen and oxygen atoms in total. The highest BCUT2D eigenvalue weighted by molar-refractivity contribution is 6.43. The summed E-state index contributed by atoms with van der Waals surface area (Å²) < 4.78 is 1.69. The molecule has 0 radical (unpaired) electrons. The molecule has 0 bridgehead atoms. The smallest absolute Gasteiger partial charge is 0.292 e. The molecule has 3 rings (SSSR count). The lowest BCUT2D eigenvalue weighted by molar-refractivity contribution is -0.117. The third kappa shape index (κ3) is 3.57. The molecule has 132 valence electrons. The Hall–Kier alpha value is -3.21. The second-order valence-corrected chi connectivity index (χ2v) is 6.29. The summed E-state index contributed by atoms with van der Waals surface area (Å²) in [4.78, 5) is 25.0. The van der Waals surface area contributed by atoms with E-state index in [1.54, 1.807) is 18.5 Å². The van der Waals surface area contributed by atoms with Crippen molar-refractivity contribution >= 4 is 11.7 Å². The monoisotopic (exact) mass is 347 g/mol. The summed E-state index contributed by atoms with van der Waals surface area (Å²) in [7, 11) is 0. The molecular formula is C21H21N3O2. The van der Waals surface area contributed by atoms with Gasteiger partial charge in [-0.05, 0) is 38.5 Å². The number of para-hydroxylation sites is 1. The van der Waals surface area contributed by atoms with Crippen molar-refractivity contribution in [2.24, 2.45) is 0 Å². The van der Waals surface area contributed by atoms with Gasteiger partial charge in [0.25, 0.3) is 11.7 Å². The lowest BCUT2D eigenvalue weighted by atomic mass is 10.1. The molecule has 0 aliphatic carbocycles. The van der Waals surface area contributed by atoms with Crippen LogP contribution in [0.25, 0.3) is 5.69 Å². The first-order chi connectivity index (χ1) is 12.5. The van der Waals surface area contributed by atoms with E-state index >= 15 is 0 Å². The zero-order valence-electron chi connectivity index (χ0n) is 15.1. The van der Waals surface area contributed by atoms with Gasteiger partial charge in [-0.15, -0.1) is 0 Å². The van der Waals surface area contributed by atoms with E-state index in [1.807, 2.05) is 61.5 Å². The predicted molar refractivity (Wildman–Crippen MR) is 100 cm³/mol. The van der Waals surface area contributed by atoms with E-state index < -0.39 is 11.7 Å². The Morgan fingerprint density at radius 1 is 1.00 bits per heavy atom. The van der Waals surface area contributed by atoms with Gasteiger partial charge in [0.1, 0.15) is 0 Å². The minimum Gasteiger partial charge on any atom is -0.345 e. The Balaban J connectivity index is 1.79. The number of ketones is 1. The van der Waals surface area contributed by atoms with E-state index in [-0.39, 0.29) is 0 Å². The molecule has 0 unspecified atom stereocenters. The number of aromatic nitrogens is 2. The molecule has 0 aliphatic heterocycles. The van der Waals surface area contributed by atoms with Gasteiger partial charge < -0.3 is 5.32 Å². The lowest BCUT2D eigenvalue weighted by Crippen LogP contribution is -2.31. The molecule has 5 heteroatoms. The molecule has 1 heterocycles. The predicted octanol–water partition coefficient (Wildman–Crippen LogP) is 3.30. The first-order valence-corrected chi connectivity index (χ1v) is 8.47. The number of carbonyl (C=O) groups excluding carboxylic acids is 2. The highest BCUT2D eigenvalue weighted by Gasteiger charge is 2.24. The van der Waals surface area contributed by atoms with Crippen LogP contribution in [-0.4, -0.2) is 21.5 Å². The summed E-state index contributed by atoms with van der Waals surface area (Å²) in [6.45, 7) is 5.85. The number of carbonyl (C=O) groups is 2. The number of aryl methyl sites for hydroxylation is 2. The number of nitrogens with zero attached hydrogens (tertiary/aromatic N) is 2. The fourth-order valence-corrected chi connectivity index (χ4v) is 2.99. The van der Waals surface area contributed by atoms with E-state index in [0.717, 1.165) is 16.8 Å². The van der Waals surface area contributed by atoms with Gasteiger partial charge in [0.05, 0.1) is 22.6 Å². The van der Waals surface area contributed by atoms with Gasteiger partial charge in [0.2, 0.25) is 0 Å². The highest BCUT2D eigenvalue weighted by atomic mass is 16.2. The van der Waals surface area contributed by atoms with Gasteiger partial charge in [-0.2, -0.15) is 5.10 Å². The van der Waals surface area contributed by atoms with E-state index in [4.69, 9.17) is 0 Å². The van der Waals surface area contributed by atoms with Crippen molar-refractivity contribution in [3.63, 3.8) is 0 Å². The number of hydrogen-bond donors (Lipinski definition) is 1. The van der Waals surface area contributed by atoms with Crippen LogP contribution in [0, 0.1) is 20.8 Å². The molecule has 26 heavy (non-hydrogen) atoms. The second kappa shape index (κ2) is 7.35. The number of Topliss-reactive ketones (excluding diaryl/α,β-unsaturated/α-hetero) is 1. The van der Waals surface area contributed by atoms with Gasteiger partial charge in [0.15, 0.2) is 0 Å². The van der Waals surface area contributed by atoms with Crippen LogP contribution in [0.3, 0.4) is 0 Å². The Labute approximate surface area is 152 Å². The number of rotatable bonds is 5. The van der Waals surface area contributed by atoms with Crippen molar-refractivity contribution in [2.45, 2.75) is 27.3 Å². The number of nitrogens with one attached hydrogen (secondary N) is 1. The molecule has 0 spiro atoms. The number of amides is 1. The molecule has 0 aliphatic rings. The second-order valence-electron chi connectivity index (χ2n) is 6.29. The fourth-order valence-electron chi connectivity index (χ4n) is 2.99. The fraction of sp³-hybridized carbons (Fsp3) is 0.190. The molecule has 1 N–H and O–H groups in total. The average Bonchev–Trinajstić information content (AvgIpc) is 2.94. The molecular weight excluding hydrogens is 326 g/mol. The summed E-state index contributed by atoms with van der Waals surface area (Å²) in [5.41, 5.74) is 4.48. The van der Waals surface area contributed by atoms with Crippen LogP contribution in [0.1, 0.15) is 32.9 Å². The molecule has 2 aromatic carbocycles. The first kappa shape index (κ1) is 17.6. The van der Waals surface area contributed by atoms with Gasteiger partial charge in [-0.25, -0.2) is 4.68 Å². The van der Waals surface area contributed by atoms with Crippen LogP contribution in [0.4, 0.5) is 0 Å². The van der Waals surface area contributed by atoms with E-state index in [1.165, 1.54) is 0 Å². The topological polar surface area (TPSA) is 64.0 Å². The van der Waals surface area contributed by atoms with Crippen molar-refractivity contribution in [3.8, 4) is 5.69 Å². The Morgan fingerprint density at radius 3 is 2.42 bits per heavy atom. The molecule has 0 saturated carbocycles. The molecule has 0 fully saturated rings. The SMILES string of the molecule is Cc1cccc(CNC(=O)C(=O)c2c(C)nn(-c3ccccc3)c2C)c1. The zero-order valence-corrected chi connectivity index (χ0v) is 15.1. The maximum Gasteiger partial charge on any atom is 0.292 e. The standard InChI is InChI=1S/C21H21N3O2/c1-14-8-7-9-17(12-14)13-22-21(26)20(25)19-15(2)23-24(16(19)3)18-10-5-4-6-11-18/h4-12H,13H2,1-3H3,(H,22,26). The third-order valence-corrected chi connectivity index (χ3v) is 4.26. The summed E-state index contributed by atoms with van der Waals surface area (Å²) in [5, 5.41) is 7.13. The van der Waals surface area contributed by atoms with Crippen LogP contribution < -0.4 is 5.32 Å². The maximum absolute atomic E-state index is 12.7. The van der Waals surface area contributed by atoms with E-state index in [0.29, 0.717) is 23.5 Å². The summed E-state index contributed by atoms with van der Waals surface area (Å²) in [6.07, 6.45) is 0. The van der Waals surface area contributed by atoms with Crippen LogP contribution in [0.2, 0.25) is 0 Å². The van der Waals surface area contributed by atoms with Gasteiger partial charge in [-0.3, -0.25) is 9.59 Å². The molecule has 0 atom stereocenters. The van der Waals surface area contributed by atoms with Crippen molar-refractivity contribution in [1.29, 1.82) is 0 Å². The summed E-state index contributed by atoms with van der Waals surface area (Å²) in [6, 6.07) is 17.4. The Kier molecular flexibility index (Phi) is 4.98. The van der Waals surface area contributed by atoms with E-state index in [9.17, 15) is 9.59 Å². The van der Waals surface area contributed by atoms with Crippen LogP contribution in [-0.2, 0) is 11.3 Å². The van der Waals surface area contributed by atoms with Crippen molar-refractivity contribution in [1.82, 2.24) is 15.1 Å². The van der Waals surface area contributed by atoms with Crippen LogP contribution in [0.5, 0.6) is 0 Å². The number of benzene rings is 2. The highest BCUT2D eigenvalue weighted by Crippen LogP contribution is 2.18. The van der Waals surface area contributed by atoms with Gasteiger partial charge in [-0.1, -0.05) is 48.0 Å². The van der Waals surface area contributed by atoms with Crippen molar-refractivity contribution < 1.29 is 9.59 Å². The van der Waals surface area contributed by atoms with Gasteiger partial charge in [0, 0.05) is 6.54 Å². The Bertz CT molecular complexity index is 959.